The highest BCUT2D eigenvalue weighted by molar-refractivity contribution is 8.04. The Morgan fingerprint density at radius 3 is 2.43 bits per heavy atom. The quantitative estimate of drug-likeness (QED) is 0.243. The molecule has 0 N–H and O–H groups in total. The van der Waals surface area contributed by atoms with Crippen molar-refractivity contribution in [3.63, 3.8) is 0 Å². The molecule has 2 aliphatic rings. The second kappa shape index (κ2) is 9.45. The van der Waals surface area contributed by atoms with Gasteiger partial charge in [-0.2, -0.15) is 0 Å². The van der Waals surface area contributed by atoms with Gasteiger partial charge in [-0.25, -0.2) is 9.59 Å². The van der Waals surface area contributed by atoms with E-state index in [0.29, 0.717) is 4.91 Å². The van der Waals surface area contributed by atoms with E-state index in [1.54, 1.807) is 6.92 Å². The summed E-state index contributed by atoms with van der Waals surface area (Å²) in [6.45, 7) is 9.49. The van der Waals surface area contributed by atoms with Crippen molar-refractivity contribution in [2.24, 2.45) is 5.92 Å². The van der Waals surface area contributed by atoms with E-state index >= 15 is 0 Å². The zero-order valence-electron chi connectivity index (χ0n) is 15.5. The fourth-order valence-corrected chi connectivity index (χ4v) is 4.20. The first-order valence-corrected chi connectivity index (χ1v) is 9.28. The van der Waals surface area contributed by atoms with Crippen molar-refractivity contribution in [2.75, 3.05) is 19.8 Å². The summed E-state index contributed by atoms with van der Waals surface area (Å²) in [6, 6.07) is 0. The Morgan fingerprint density at radius 2 is 1.82 bits per heavy atom. The van der Waals surface area contributed by atoms with Gasteiger partial charge in [-0.3, -0.25) is 14.5 Å². The molecule has 0 aromatic carbocycles. The van der Waals surface area contributed by atoms with E-state index in [9.17, 15) is 19.2 Å². The minimum absolute atomic E-state index is 0.0121. The van der Waals surface area contributed by atoms with Crippen LogP contribution in [0.3, 0.4) is 0 Å². The van der Waals surface area contributed by atoms with Crippen LogP contribution in [0.25, 0.3) is 0 Å². The average Bonchev–Trinajstić information content (AvgIpc) is 2.96. The number of hydrogen-bond donors (Lipinski definition) is 0. The van der Waals surface area contributed by atoms with Crippen molar-refractivity contribution in [1.82, 2.24) is 4.90 Å². The van der Waals surface area contributed by atoms with Crippen LogP contribution in [-0.2, 0) is 33.3 Å². The Hall–Kier alpha value is -2.75. The SMILES string of the molecule is C=CCOC(=O)O[C@H](C)[C@H]1C(=O)N2C(C(=O)OCC=C)=C(COC(C)=O)S[C@@H]12. The Balaban J connectivity index is 2.12. The molecule has 0 aliphatic carbocycles. The lowest BCUT2D eigenvalue weighted by Gasteiger charge is -2.44. The number of amides is 1. The molecule has 0 unspecified atom stereocenters. The third-order valence-electron chi connectivity index (χ3n) is 3.89. The molecule has 9 nitrogen and oxygen atoms in total. The van der Waals surface area contributed by atoms with Gasteiger partial charge in [0, 0.05) is 6.92 Å². The molecule has 1 fully saturated rings. The van der Waals surface area contributed by atoms with Gasteiger partial charge >= 0.3 is 18.1 Å². The van der Waals surface area contributed by atoms with Crippen LogP contribution in [0.4, 0.5) is 4.79 Å². The van der Waals surface area contributed by atoms with E-state index in [-0.39, 0.29) is 25.5 Å². The van der Waals surface area contributed by atoms with Crippen LogP contribution >= 0.6 is 11.8 Å². The van der Waals surface area contributed by atoms with Crippen LogP contribution in [0.5, 0.6) is 0 Å². The van der Waals surface area contributed by atoms with E-state index in [0.717, 1.165) is 0 Å². The number of thioether (sulfide) groups is 1. The van der Waals surface area contributed by atoms with Crippen LogP contribution in [0.2, 0.25) is 0 Å². The number of hydrogen-bond acceptors (Lipinski definition) is 9. The number of nitrogens with zero attached hydrogens (tertiary/aromatic N) is 1. The number of ether oxygens (including phenoxy) is 4. The van der Waals surface area contributed by atoms with Crippen molar-refractivity contribution >= 4 is 35.8 Å². The Kier molecular flexibility index (Phi) is 7.27. The molecule has 0 aromatic heterocycles. The lowest BCUT2D eigenvalue weighted by molar-refractivity contribution is -0.158. The predicted octanol–water partition coefficient (Wildman–Crippen LogP) is 1.75. The molecule has 28 heavy (non-hydrogen) atoms. The minimum Gasteiger partial charge on any atom is -0.460 e. The van der Waals surface area contributed by atoms with Gasteiger partial charge in [0.1, 0.15) is 42.9 Å². The molecule has 10 heteroatoms. The predicted molar refractivity (Wildman–Crippen MR) is 98.6 cm³/mol. The number of rotatable bonds is 9. The molecule has 0 aromatic rings. The summed E-state index contributed by atoms with van der Waals surface area (Å²) in [6.07, 6.45) is 1.09. The zero-order valence-corrected chi connectivity index (χ0v) is 16.4. The van der Waals surface area contributed by atoms with Crippen molar-refractivity contribution in [3.8, 4) is 0 Å². The molecule has 1 saturated heterocycles. The summed E-state index contributed by atoms with van der Waals surface area (Å²) in [5, 5.41) is -0.480. The number of carbonyl (C=O) groups is 4. The molecular weight excluding hydrogens is 390 g/mol. The molecule has 3 atom stereocenters. The third kappa shape index (κ3) is 4.56. The lowest BCUT2D eigenvalue weighted by atomic mass is 9.92. The third-order valence-corrected chi connectivity index (χ3v) is 5.23. The molecule has 0 saturated carbocycles. The Bertz CT molecular complexity index is 731. The maximum Gasteiger partial charge on any atom is 0.508 e. The molecule has 0 radical (unpaired) electrons. The molecule has 0 spiro atoms. The number of fused-ring (bicyclic) bond motifs is 1. The fourth-order valence-electron chi connectivity index (χ4n) is 2.69. The van der Waals surface area contributed by atoms with Gasteiger partial charge in [-0.1, -0.05) is 37.1 Å². The molecule has 2 aliphatic heterocycles. The number of carbonyl (C=O) groups excluding carboxylic acids is 4. The van der Waals surface area contributed by atoms with Crippen molar-refractivity contribution in [3.05, 3.63) is 35.9 Å². The second-order valence-electron chi connectivity index (χ2n) is 5.85. The minimum atomic E-state index is -0.916. The van der Waals surface area contributed by atoms with Gasteiger partial charge in [-0.05, 0) is 6.92 Å². The molecule has 2 heterocycles. The standard InChI is InChI=1S/C18H21NO8S/c1-5-7-24-17(22)14-12(9-26-11(4)20)28-16-13(15(21)19(14)16)10(3)27-18(23)25-8-6-2/h5-6,10,13,16H,1-2,7-9H2,3-4H3/t10-,13+,16+/m1/s1. The van der Waals surface area contributed by atoms with Crippen LogP contribution < -0.4 is 0 Å². The smallest absolute Gasteiger partial charge is 0.460 e. The van der Waals surface area contributed by atoms with Crippen molar-refractivity contribution in [2.45, 2.75) is 25.3 Å². The van der Waals surface area contributed by atoms with Gasteiger partial charge in [0.2, 0.25) is 5.91 Å². The highest BCUT2D eigenvalue weighted by Gasteiger charge is 2.59. The molecular formula is C18H21NO8S. The number of β-lactam (4-membered cyclic amide) rings is 1. The van der Waals surface area contributed by atoms with Crippen LogP contribution in [-0.4, -0.2) is 60.2 Å². The van der Waals surface area contributed by atoms with Gasteiger partial charge in [0.05, 0.1) is 4.91 Å². The topological polar surface area (TPSA) is 108 Å². The van der Waals surface area contributed by atoms with Gasteiger partial charge in [0.15, 0.2) is 0 Å². The molecule has 2 rings (SSSR count). The second-order valence-corrected chi connectivity index (χ2v) is 7.07. The largest absolute Gasteiger partial charge is 0.508 e. The average molecular weight is 411 g/mol. The fraction of sp³-hybridized carbons (Fsp3) is 0.444. The maximum atomic E-state index is 12.6. The van der Waals surface area contributed by atoms with E-state index < -0.39 is 41.4 Å². The number of esters is 2. The summed E-state index contributed by atoms with van der Waals surface area (Å²) in [4.78, 5) is 49.4. The Labute approximate surface area is 166 Å². The first-order valence-electron chi connectivity index (χ1n) is 8.40. The van der Waals surface area contributed by atoms with E-state index in [4.69, 9.17) is 18.9 Å². The maximum absolute atomic E-state index is 12.6. The van der Waals surface area contributed by atoms with E-state index in [1.165, 1.54) is 35.7 Å². The zero-order chi connectivity index (χ0) is 20.8. The van der Waals surface area contributed by atoms with Crippen molar-refractivity contribution < 1.29 is 38.1 Å². The lowest BCUT2D eigenvalue weighted by Crippen LogP contribution is -2.61. The van der Waals surface area contributed by atoms with Gasteiger partial charge in [-0.15, -0.1) is 0 Å². The summed E-state index contributed by atoms with van der Waals surface area (Å²) < 4.78 is 19.9. The normalized spacial score (nSPS) is 21.2. The van der Waals surface area contributed by atoms with E-state index in [2.05, 4.69) is 13.2 Å². The summed E-state index contributed by atoms with van der Waals surface area (Å²) in [5.74, 6) is -2.32. The highest BCUT2D eigenvalue weighted by Crippen LogP contribution is 2.51. The highest BCUT2D eigenvalue weighted by atomic mass is 32.2. The van der Waals surface area contributed by atoms with Crippen LogP contribution in [0, 0.1) is 5.92 Å². The monoisotopic (exact) mass is 411 g/mol. The van der Waals surface area contributed by atoms with Gasteiger partial charge < -0.3 is 18.9 Å². The van der Waals surface area contributed by atoms with E-state index in [1.807, 2.05) is 0 Å². The molecule has 0 bridgehead atoms. The van der Waals surface area contributed by atoms with Gasteiger partial charge in [0.25, 0.3) is 0 Å². The summed E-state index contributed by atoms with van der Waals surface area (Å²) in [5.41, 5.74) is 0.0285. The Morgan fingerprint density at radius 1 is 1.18 bits per heavy atom. The first-order chi connectivity index (χ1) is 13.3. The van der Waals surface area contributed by atoms with Crippen LogP contribution in [0.15, 0.2) is 35.9 Å². The molecule has 152 valence electrons. The van der Waals surface area contributed by atoms with Crippen molar-refractivity contribution in [1.29, 1.82) is 0 Å². The van der Waals surface area contributed by atoms with Crippen LogP contribution in [0.1, 0.15) is 13.8 Å². The molecule has 1 amide bonds. The summed E-state index contributed by atoms with van der Waals surface area (Å²) in [7, 11) is 0. The first kappa shape index (κ1) is 21.5. The summed E-state index contributed by atoms with van der Waals surface area (Å²) >= 11 is 1.19.